The summed E-state index contributed by atoms with van der Waals surface area (Å²) >= 11 is 1.56. The highest BCUT2D eigenvalue weighted by Gasteiger charge is 2.42. The molecule has 0 aromatic heterocycles. The van der Waals surface area contributed by atoms with Gasteiger partial charge in [-0.15, -0.1) is 11.8 Å². The van der Waals surface area contributed by atoms with Crippen LogP contribution in [0.15, 0.2) is 132 Å². The number of carboxylic acids is 1. The van der Waals surface area contributed by atoms with Gasteiger partial charge in [-0.25, -0.2) is 4.79 Å². The second-order valence-electron chi connectivity index (χ2n) is 11.8. The predicted octanol–water partition coefficient (Wildman–Crippen LogP) is 8.06. The van der Waals surface area contributed by atoms with Crippen molar-refractivity contribution in [3.63, 3.8) is 0 Å². The summed E-state index contributed by atoms with van der Waals surface area (Å²) in [6.07, 6.45) is -1.63. The molecule has 1 unspecified atom stereocenters. The maximum Gasteiger partial charge on any atom is 0.335 e. The van der Waals surface area contributed by atoms with E-state index < -0.39 is 18.4 Å². The Morgan fingerprint density at radius 2 is 1.41 bits per heavy atom. The lowest BCUT2D eigenvalue weighted by Gasteiger charge is -2.43. The zero-order chi connectivity index (χ0) is 34.3. The summed E-state index contributed by atoms with van der Waals surface area (Å²) in [5, 5.41) is 21.9. The number of carbonyl (C=O) groups is 3. The quantitative estimate of drug-likeness (QED) is 0.0951. The second kappa shape index (κ2) is 15.4. The highest BCUT2D eigenvalue weighted by atomic mass is 32.2. The molecule has 5 aromatic carbocycles. The van der Waals surface area contributed by atoms with Crippen molar-refractivity contribution in [1.82, 2.24) is 0 Å². The van der Waals surface area contributed by atoms with Crippen molar-refractivity contribution >= 4 is 35.1 Å². The predicted molar refractivity (Wildman–Crippen MR) is 188 cm³/mol. The van der Waals surface area contributed by atoms with Crippen LogP contribution in [0.3, 0.4) is 0 Å². The number of nitrogens with one attached hydrogen (secondary N) is 1. The van der Waals surface area contributed by atoms with E-state index in [0.29, 0.717) is 28.1 Å². The fourth-order valence-corrected chi connectivity index (χ4v) is 6.84. The number of thioether (sulfide) groups is 1. The number of aromatic carboxylic acids is 1. The van der Waals surface area contributed by atoms with Crippen LogP contribution in [0, 0.1) is 0 Å². The third-order valence-corrected chi connectivity index (χ3v) is 9.53. The molecule has 1 amide bonds. The van der Waals surface area contributed by atoms with E-state index in [4.69, 9.17) is 9.47 Å². The Hall–Kier alpha value is -5.06. The van der Waals surface area contributed by atoms with Crippen LogP contribution in [0.2, 0.25) is 0 Å². The van der Waals surface area contributed by atoms with Crippen molar-refractivity contribution in [3.8, 4) is 0 Å². The summed E-state index contributed by atoms with van der Waals surface area (Å²) in [5.41, 5.74) is 5.03. The Balaban J connectivity index is 1.33. The monoisotopic (exact) mass is 673 g/mol. The Morgan fingerprint density at radius 3 is 2.10 bits per heavy atom. The average molecular weight is 674 g/mol. The van der Waals surface area contributed by atoms with Gasteiger partial charge in [0.2, 0.25) is 0 Å². The summed E-state index contributed by atoms with van der Waals surface area (Å²) < 4.78 is 13.6. The topological polar surface area (TPSA) is 122 Å². The van der Waals surface area contributed by atoms with Gasteiger partial charge < -0.3 is 25.0 Å². The molecule has 0 saturated carbocycles. The van der Waals surface area contributed by atoms with Gasteiger partial charge in [0.1, 0.15) is 0 Å². The summed E-state index contributed by atoms with van der Waals surface area (Å²) in [6, 6.07) is 38.4. The fraction of sp³-hybridized carbons (Fsp3) is 0.175. The molecular formula is C40H35NO7S. The van der Waals surface area contributed by atoms with E-state index >= 15 is 0 Å². The van der Waals surface area contributed by atoms with Crippen molar-refractivity contribution in [3.05, 3.63) is 166 Å². The Morgan fingerprint density at radius 1 is 0.714 bits per heavy atom. The van der Waals surface area contributed by atoms with Crippen molar-refractivity contribution in [2.75, 3.05) is 11.1 Å². The van der Waals surface area contributed by atoms with Gasteiger partial charge in [-0.3, -0.25) is 9.59 Å². The van der Waals surface area contributed by atoms with Crippen LogP contribution in [-0.4, -0.2) is 39.7 Å². The van der Waals surface area contributed by atoms with Gasteiger partial charge in [-0.1, -0.05) is 78.9 Å². The van der Waals surface area contributed by atoms with Gasteiger partial charge in [-0.2, -0.15) is 0 Å². The Kier molecular flexibility index (Phi) is 10.7. The Bertz CT molecular complexity index is 1930. The first-order valence-corrected chi connectivity index (χ1v) is 16.8. The van der Waals surface area contributed by atoms with E-state index in [1.807, 2.05) is 48.5 Å². The summed E-state index contributed by atoms with van der Waals surface area (Å²) in [4.78, 5) is 37.5. The van der Waals surface area contributed by atoms with Gasteiger partial charge in [0.15, 0.2) is 12.1 Å². The van der Waals surface area contributed by atoms with Crippen LogP contribution in [0.25, 0.3) is 0 Å². The fourth-order valence-electron chi connectivity index (χ4n) is 5.87. The van der Waals surface area contributed by atoms with Crippen molar-refractivity contribution in [2.45, 2.75) is 42.8 Å². The largest absolute Gasteiger partial charge is 0.478 e. The first kappa shape index (κ1) is 33.8. The number of carbonyl (C=O) groups excluding carboxylic acids is 2. The second-order valence-corrected chi connectivity index (χ2v) is 12.8. The number of rotatable bonds is 11. The highest BCUT2D eigenvalue weighted by molar-refractivity contribution is 7.99. The molecule has 1 heterocycles. The molecule has 1 aliphatic rings. The first-order chi connectivity index (χ1) is 23.8. The number of amides is 1. The highest BCUT2D eigenvalue weighted by Crippen LogP contribution is 2.48. The molecule has 5 aromatic rings. The number of carboxylic acid groups (broad SMARTS) is 1. The van der Waals surface area contributed by atoms with Crippen LogP contribution < -0.4 is 5.32 Å². The van der Waals surface area contributed by atoms with Gasteiger partial charge >= 0.3 is 5.97 Å². The zero-order valence-corrected chi connectivity index (χ0v) is 27.5. The molecule has 8 nitrogen and oxygen atoms in total. The molecule has 0 bridgehead atoms. The third-order valence-electron chi connectivity index (χ3n) is 8.43. The number of benzene rings is 5. The van der Waals surface area contributed by atoms with Gasteiger partial charge in [0.25, 0.3) is 5.91 Å². The first-order valence-electron chi connectivity index (χ1n) is 15.8. The molecule has 0 aliphatic carbocycles. The number of ether oxygens (including phenoxy) is 2. The minimum absolute atomic E-state index is 0.0759. The Labute approximate surface area is 288 Å². The summed E-state index contributed by atoms with van der Waals surface area (Å²) in [6.45, 7) is 1.40. The molecule has 248 valence electrons. The molecular weight excluding hydrogens is 639 g/mol. The van der Waals surface area contributed by atoms with Crippen molar-refractivity contribution in [1.29, 1.82) is 0 Å². The number of aliphatic hydroxyl groups is 1. The molecule has 9 heteroatoms. The van der Waals surface area contributed by atoms with E-state index in [0.717, 1.165) is 21.6 Å². The van der Waals surface area contributed by atoms with Gasteiger partial charge in [0, 0.05) is 38.9 Å². The van der Waals surface area contributed by atoms with E-state index in [-0.39, 0.29) is 35.9 Å². The lowest BCUT2D eigenvalue weighted by atomic mass is 9.84. The van der Waals surface area contributed by atoms with Gasteiger partial charge in [-0.05, 0) is 72.1 Å². The number of hydrogen-bond donors (Lipinski definition) is 3. The molecule has 1 fully saturated rings. The molecule has 6 rings (SSSR count). The molecule has 3 N–H and O–H groups in total. The average Bonchev–Trinajstić information content (AvgIpc) is 3.14. The maximum absolute atomic E-state index is 13.4. The lowest BCUT2D eigenvalue weighted by molar-refractivity contribution is -0.255. The van der Waals surface area contributed by atoms with Gasteiger partial charge in [0.05, 0.1) is 24.4 Å². The van der Waals surface area contributed by atoms with Crippen molar-refractivity contribution < 1.29 is 34.1 Å². The van der Waals surface area contributed by atoms with Crippen LogP contribution in [0.1, 0.15) is 78.6 Å². The smallest absolute Gasteiger partial charge is 0.335 e. The van der Waals surface area contributed by atoms with E-state index in [9.17, 15) is 24.6 Å². The van der Waals surface area contributed by atoms with Crippen LogP contribution in [0.4, 0.5) is 5.69 Å². The number of ketones is 1. The zero-order valence-electron chi connectivity index (χ0n) is 26.7. The number of anilines is 1. The van der Waals surface area contributed by atoms with E-state index in [1.54, 1.807) is 78.5 Å². The summed E-state index contributed by atoms with van der Waals surface area (Å²) in [7, 11) is 0. The standard InChI is InChI=1S/C40H35NO7S/c1-25(43)30-9-6-12-33(22-30)41-38(44)31-10-5-11-32(21-31)40-47-35(24-49-34-19-17-29(18-20-34)39(45)46)36(27-7-3-2-4-8-27)37(48-40)28-15-13-26(23-42)14-16-28/h2-22,35-37,40,42H,23-24H2,1H3,(H,41,44)(H,45,46)/t35-,36-,37+,40?/m1/s1. The summed E-state index contributed by atoms with van der Waals surface area (Å²) in [5.74, 6) is -1.10. The van der Waals surface area contributed by atoms with E-state index in [2.05, 4.69) is 17.4 Å². The number of aliphatic hydroxyl groups excluding tert-OH is 1. The third kappa shape index (κ3) is 8.16. The lowest BCUT2D eigenvalue weighted by Crippen LogP contribution is -2.38. The number of Topliss-reactive ketones (excluding diaryl/α,β-unsaturated/α-hetero) is 1. The van der Waals surface area contributed by atoms with Crippen LogP contribution in [0.5, 0.6) is 0 Å². The molecule has 1 saturated heterocycles. The van der Waals surface area contributed by atoms with Crippen LogP contribution in [-0.2, 0) is 16.1 Å². The van der Waals surface area contributed by atoms with E-state index in [1.165, 1.54) is 6.92 Å². The molecule has 0 spiro atoms. The van der Waals surface area contributed by atoms with Crippen molar-refractivity contribution in [2.24, 2.45) is 0 Å². The number of hydrogen-bond acceptors (Lipinski definition) is 7. The SMILES string of the molecule is CC(=O)c1cccc(NC(=O)c2cccc(C3O[C@H](CSc4ccc(C(=O)O)cc4)[C@@H](c4ccccc4)[C@H](c4ccc(CO)cc4)O3)c2)c1. The minimum Gasteiger partial charge on any atom is -0.478 e. The minimum atomic E-state index is -0.980. The maximum atomic E-state index is 13.4. The molecule has 1 aliphatic heterocycles. The molecule has 0 radical (unpaired) electrons. The molecule has 49 heavy (non-hydrogen) atoms. The normalized spacial score (nSPS) is 18.8. The molecule has 4 atom stereocenters. The van der Waals surface area contributed by atoms with Crippen LogP contribution >= 0.6 is 11.8 Å².